The van der Waals surface area contributed by atoms with Crippen molar-refractivity contribution in [3.63, 3.8) is 0 Å². The van der Waals surface area contributed by atoms with Crippen molar-refractivity contribution in [2.45, 2.75) is 6.92 Å². The quantitative estimate of drug-likeness (QED) is 0.787. The van der Waals surface area contributed by atoms with Gasteiger partial charge in [0.15, 0.2) is 0 Å². The van der Waals surface area contributed by atoms with E-state index in [1.165, 1.54) is 4.80 Å². The molecule has 0 aliphatic rings. The number of hydrogen-bond donors (Lipinski definition) is 1. The minimum atomic E-state index is 0.122. The molecular weight excluding hydrogens is 278 g/mol. The van der Waals surface area contributed by atoms with Crippen molar-refractivity contribution in [2.24, 2.45) is 0 Å². The predicted octanol–water partition coefficient (Wildman–Crippen LogP) is 3.10. The molecule has 1 N–H and O–H groups in total. The van der Waals surface area contributed by atoms with Crippen LogP contribution in [0.5, 0.6) is 11.5 Å². The second kappa shape index (κ2) is 4.68. The molecule has 2 aromatic carbocycles. The van der Waals surface area contributed by atoms with E-state index in [2.05, 4.69) is 10.2 Å². The van der Waals surface area contributed by atoms with Gasteiger partial charge < -0.3 is 9.84 Å². The third-order valence-electron chi connectivity index (χ3n) is 3.05. The number of aromatic hydroxyl groups is 1. The molecule has 0 amide bonds. The fourth-order valence-electron chi connectivity index (χ4n) is 1.99. The van der Waals surface area contributed by atoms with Gasteiger partial charge in [-0.3, -0.25) is 0 Å². The standard InChI is InChI=1S/C14H12ClN3O2/c1-8-5-10(20-2)7-13(14(8)19)18-16-11-4-3-9(15)6-12(11)17-18/h3-7,19H,1-2H3. The highest BCUT2D eigenvalue weighted by Crippen LogP contribution is 2.30. The second-order valence-corrected chi connectivity index (χ2v) is 4.87. The average molecular weight is 290 g/mol. The van der Waals surface area contributed by atoms with E-state index in [4.69, 9.17) is 16.3 Å². The van der Waals surface area contributed by atoms with Crippen LogP contribution in [0.1, 0.15) is 5.56 Å². The van der Waals surface area contributed by atoms with E-state index in [1.54, 1.807) is 44.4 Å². The lowest BCUT2D eigenvalue weighted by molar-refractivity contribution is 0.410. The Morgan fingerprint density at radius 3 is 2.65 bits per heavy atom. The smallest absolute Gasteiger partial charge is 0.146 e. The molecule has 0 fully saturated rings. The van der Waals surface area contributed by atoms with Gasteiger partial charge in [0.2, 0.25) is 0 Å². The van der Waals surface area contributed by atoms with Gasteiger partial charge in [-0.05, 0) is 36.8 Å². The number of fused-ring (bicyclic) bond motifs is 1. The fraction of sp³-hybridized carbons (Fsp3) is 0.143. The summed E-state index contributed by atoms with van der Waals surface area (Å²) in [6, 6.07) is 8.69. The maximum Gasteiger partial charge on any atom is 0.146 e. The van der Waals surface area contributed by atoms with Gasteiger partial charge in [0.25, 0.3) is 0 Å². The summed E-state index contributed by atoms with van der Waals surface area (Å²) in [5.41, 5.74) is 2.53. The Labute approximate surface area is 120 Å². The second-order valence-electron chi connectivity index (χ2n) is 4.43. The van der Waals surface area contributed by atoms with Crippen LogP contribution in [-0.2, 0) is 0 Å². The highest BCUT2D eigenvalue weighted by Gasteiger charge is 2.13. The van der Waals surface area contributed by atoms with E-state index in [0.29, 0.717) is 33.1 Å². The molecule has 1 heterocycles. The Balaban J connectivity index is 2.22. The number of phenolic OH excluding ortho intramolecular Hbond substituents is 1. The van der Waals surface area contributed by atoms with Crippen molar-refractivity contribution in [1.82, 2.24) is 15.0 Å². The Morgan fingerprint density at radius 2 is 1.90 bits per heavy atom. The molecule has 6 heteroatoms. The number of aromatic nitrogens is 3. The molecule has 3 rings (SSSR count). The van der Waals surface area contributed by atoms with Gasteiger partial charge in [0.05, 0.1) is 7.11 Å². The predicted molar refractivity (Wildman–Crippen MR) is 76.8 cm³/mol. The molecule has 0 aliphatic heterocycles. The summed E-state index contributed by atoms with van der Waals surface area (Å²) in [5.74, 6) is 0.756. The van der Waals surface area contributed by atoms with Crippen LogP contribution in [0, 0.1) is 6.92 Å². The highest BCUT2D eigenvalue weighted by atomic mass is 35.5. The maximum atomic E-state index is 10.2. The number of halogens is 1. The van der Waals surface area contributed by atoms with E-state index in [9.17, 15) is 5.11 Å². The first kappa shape index (κ1) is 12.7. The number of ether oxygens (including phenoxy) is 1. The van der Waals surface area contributed by atoms with Gasteiger partial charge in [-0.1, -0.05) is 11.6 Å². The Bertz CT molecular complexity index is 798. The molecule has 0 spiro atoms. The zero-order chi connectivity index (χ0) is 14.3. The topological polar surface area (TPSA) is 60.2 Å². The number of hydrogen-bond acceptors (Lipinski definition) is 4. The van der Waals surface area contributed by atoms with Crippen molar-refractivity contribution in [3.05, 3.63) is 40.9 Å². The number of aryl methyl sites for hydroxylation is 1. The Kier molecular flexibility index (Phi) is 2.99. The van der Waals surface area contributed by atoms with Gasteiger partial charge in [-0.15, -0.1) is 15.0 Å². The summed E-state index contributed by atoms with van der Waals surface area (Å²) in [4.78, 5) is 1.38. The number of phenols is 1. The highest BCUT2D eigenvalue weighted by molar-refractivity contribution is 6.31. The first-order valence-electron chi connectivity index (χ1n) is 5.99. The minimum Gasteiger partial charge on any atom is -0.505 e. The van der Waals surface area contributed by atoms with Crippen molar-refractivity contribution in [3.8, 4) is 17.2 Å². The van der Waals surface area contributed by atoms with Crippen LogP contribution in [0.3, 0.4) is 0 Å². The fourth-order valence-corrected chi connectivity index (χ4v) is 2.16. The molecule has 0 atom stereocenters. The monoisotopic (exact) mass is 289 g/mol. The van der Waals surface area contributed by atoms with Crippen LogP contribution < -0.4 is 4.74 Å². The lowest BCUT2D eigenvalue weighted by Crippen LogP contribution is -2.00. The zero-order valence-corrected chi connectivity index (χ0v) is 11.7. The first-order valence-corrected chi connectivity index (χ1v) is 6.37. The lowest BCUT2D eigenvalue weighted by Gasteiger charge is -2.08. The molecule has 0 aliphatic carbocycles. The number of nitrogens with zero attached hydrogens (tertiary/aromatic N) is 3. The molecule has 0 saturated heterocycles. The maximum absolute atomic E-state index is 10.2. The van der Waals surface area contributed by atoms with Crippen LogP contribution >= 0.6 is 11.6 Å². The number of methoxy groups -OCH3 is 1. The van der Waals surface area contributed by atoms with Gasteiger partial charge in [-0.25, -0.2) is 0 Å². The third kappa shape index (κ3) is 2.06. The first-order chi connectivity index (χ1) is 9.58. The van der Waals surface area contributed by atoms with Crippen LogP contribution in [-0.4, -0.2) is 27.2 Å². The molecule has 102 valence electrons. The Morgan fingerprint density at radius 1 is 1.15 bits per heavy atom. The van der Waals surface area contributed by atoms with E-state index < -0.39 is 0 Å². The molecule has 1 aromatic heterocycles. The molecule has 0 bridgehead atoms. The molecular formula is C14H12ClN3O2. The summed E-state index contributed by atoms with van der Waals surface area (Å²) in [6.07, 6.45) is 0. The van der Waals surface area contributed by atoms with Crippen molar-refractivity contribution in [2.75, 3.05) is 7.11 Å². The summed E-state index contributed by atoms with van der Waals surface area (Å²) in [7, 11) is 1.57. The van der Waals surface area contributed by atoms with Crippen LogP contribution in [0.2, 0.25) is 5.02 Å². The lowest BCUT2D eigenvalue weighted by atomic mass is 10.2. The van der Waals surface area contributed by atoms with Gasteiger partial charge >= 0.3 is 0 Å². The van der Waals surface area contributed by atoms with Crippen molar-refractivity contribution in [1.29, 1.82) is 0 Å². The van der Waals surface area contributed by atoms with Gasteiger partial charge in [-0.2, -0.15) is 0 Å². The van der Waals surface area contributed by atoms with Gasteiger partial charge in [0.1, 0.15) is 28.2 Å². The minimum absolute atomic E-state index is 0.122. The number of rotatable bonds is 2. The van der Waals surface area contributed by atoms with Crippen molar-refractivity contribution >= 4 is 22.6 Å². The molecule has 0 radical (unpaired) electrons. The van der Waals surface area contributed by atoms with Crippen LogP contribution in [0.25, 0.3) is 16.7 Å². The molecule has 5 nitrogen and oxygen atoms in total. The molecule has 0 unspecified atom stereocenters. The van der Waals surface area contributed by atoms with Crippen molar-refractivity contribution < 1.29 is 9.84 Å². The largest absolute Gasteiger partial charge is 0.505 e. The van der Waals surface area contributed by atoms with Gasteiger partial charge in [0, 0.05) is 11.1 Å². The summed E-state index contributed by atoms with van der Waals surface area (Å²) in [6.45, 7) is 1.79. The SMILES string of the molecule is COc1cc(C)c(O)c(-n2nc3ccc(Cl)cc3n2)c1. The molecule has 20 heavy (non-hydrogen) atoms. The molecule has 3 aromatic rings. The van der Waals surface area contributed by atoms with Crippen LogP contribution in [0.15, 0.2) is 30.3 Å². The summed E-state index contributed by atoms with van der Waals surface area (Å²) >= 11 is 5.93. The number of benzene rings is 2. The van der Waals surface area contributed by atoms with E-state index in [-0.39, 0.29) is 5.75 Å². The van der Waals surface area contributed by atoms with Crippen LogP contribution in [0.4, 0.5) is 0 Å². The zero-order valence-electron chi connectivity index (χ0n) is 11.0. The normalized spacial score (nSPS) is 10.9. The van der Waals surface area contributed by atoms with E-state index in [0.717, 1.165) is 0 Å². The van der Waals surface area contributed by atoms with E-state index >= 15 is 0 Å². The average Bonchev–Trinajstić information content (AvgIpc) is 2.84. The Hall–Kier alpha value is -2.27. The summed E-state index contributed by atoms with van der Waals surface area (Å²) in [5, 5.41) is 19.4. The van der Waals surface area contributed by atoms with E-state index in [1.807, 2.05) is 0 Å². The third-order valence-corrected chi connectivity index (χ3v) is 3.28. The molecule has 0 saturated carbocycles. The summed E-state index contributed by atoms with van der Waals surface area (Å²) < 4.78 is 5.20.